The Hall–Kier alpha value is -0.360. The molecule has 2 aromatic rings. The second-order valence-electron chi connectivity index (χ2n) is 3.82. The van der Waals surface area contributed by atoms with Gasteiger partial charge in [0.05, 0.1) is 4.47 Å². The van der Waals surface area contributed by atoms with Crippen molar-refractivity contribution < 1.29 is 4.74 Å². The molecular formula is C13H13Br2NOS. The summed E-state index contributed by atoms with van der Waals surface area (Å²) >= 11 is 8.64. The van der Waals surface area contributed by atoms with Gasteiger partial charge in [0.25, 0.3) is 0 Å². The van der Waals surface area contributed by atoms with Gasteiger partial charge in [0.2, 0.25) is 0 Å². The van der Waals surface area contributed by atoms with Crippen LogP contribution >= 0.6 is 43.2 Å². The lowest BCUT2D eigenvalue weighted by atomic mass is 10.1. The molecule has 0 saturated heterocycles. The Morgan fingerprint density at radius 1 is 1.22 bits per heavy atom. The number of hydrogen-bond donors (Lipinski definition) is 1. The van der Waals surface area contributed by atoms with Crippen molar-refractivity contribution in [3.63, 3.8) is 0 Å². The molecule has 1 aromatic carbocycles. The molecular weight excluding hydrogens is 378 g/mol. The predicted molar refractivity (Wildman–Crippen MR) is 83.3 cm³/mol. The van der Waals surface area contributed by atoms with Crippen molar-refractivity contribution >= 4 is 43.2 Å². The van der Waals surface area contributed by atoms with Crippen molar-refractivity contribution in [2.75, 3.05) is 6.54 Å². The van der Waals surface area contributed by atoms with Gasteiger partial charge in [0.1, 0.15) is 12.4 Å². The SMILES string of the molecule is NCCc1ccc(OCc2cc(Br)cs2)c(Br)c1. The lowest BCUT2D eigenvalue weighted by molar-refractivity contribution is 0.307. The van der Waals surface area contributed by atoms with E-state index in [-0.39, 0.29) is 0 Å². The fourth-order valence-corrected chi connectivity index (χ4v) is 3.46. The Kier molecular flexibility index (Phi) is 5.24. The van der Waals surface area contributed by atoms with Gasteiger partial charge in [0.15, 0.2) is 0 Å². The number of halogens is 2. The summed E-state index contributed by atoms with van der Waals surface area (Å²) in [6.07, 6.45) is 0.886. The molecule has 1 heterocycles. The minimum atomic E-state index is 0.588. The Bertz CT molecular complexity index is 527. The molecule has 0 aliphatic heterocycles. The second kappa shape index (κ2) is 6.70. The summed E-state index contributed by atoms with van der Waals surface area (Å²) < 4.78 is 7.86. The molecule has 0 radical (unpaired) electrons. The van der Waals surface area contributed by atoms with Crippen LogP contribution in [0.5, 0.6) is 5.75 Å². The van der Waals surface area contributed by atoms with E-state index in [1.807, 2.05) is 6.07 Å². The summed E-state index contributed by atoms with van der Waals surface area (Å²) in [5.41, 5.74) is 6.75. The molecule has 0 fully saturated rings. The van der Waals surface area contributed by atoms with Crippen molar-refractivity contribution in [2.24, 2.45) is 5.73 Å². The first-order valence-electron chi connectivity index (χ1n) is 5.53. The van der Waals surface area contributed by atoms with E-state index >= 15 is 0 Å². The average molecular weight is 391 g/mol. The average Bonchev–Trinajstić information content (AvgIpc) is 2.74. The van der Waals surface area contributed by atoms with E-state index in [1.54, 1.807) is 11.3 Å². The van der Waals surface area contributed by atoms with E-state index in [4.69, 9.17) is 10.5 Å². The topological polar surface area (TPSA) is 35.2 Å². The van der Waals surface area contributed by atoms with Crippen molar-refractivity contribution in [3.05, 3.63) is 49.0 Å². The number of ether oxygens (including phenoxy) is 1. The fraction of sp³-hybridized carbons (Fsp3) is 0.231. The van der Waals surface area contributed by atoms with Gasteiger partial charge in [-0.3, -0.25) is 0 Å². The lowest BCUT2D eigenvalue weighted by Crippen LogP contribution is -2.02. The molecule has 0 aliphatic rings. The molecule has 96 valence electrons. The summed E-state index contributed by atoms with van der Waals surface area (Å²) in [6, 6.07) is 8.17. The predicted octanol–water partition coefficient (Wildman–Crippen LogP) is 4.35. The molecule has 18 heavy (non-hydrogen) atoms. The molecule has 1 aromatic heterocycles. The van der Waals surface area contributed by atoms with Gasteiger partial charge < -0.3 is 10.5 Å². The van der Waals surface area contributed by atoms with Gasteiger partial charge in [-0.15, -0.1) is 11.3 Å². The molecule has 2 N–H and O–H groups in total. The highest BCUT2D eigenvalue weighted by atomic mass is 79.9. The summed E-state index contributed by atoms with van der Waals surface area (Å²) in [5.74, 6) is 0.861. The number of nitrogens with two attached hydrogens (primary N) is 1. The number of rotatable bonds is 5. The van der Waals surface area contributed by atoms with Crippen molar-refractivity contribution in [1.82, 2.24) is 0 Å². The summed E-state index contributed by atoms with van der Waals surface area (Å²) in [6.45, 7) is 1.25. The van der Waals surface area contributed by atoms with Gasteiger partial charge in [-0.1, -0.05) is 6.07 Å². The van der Waals surface area contributed by atoms with Gasteiger partial charge in [-0.25, -0.2) is 0 Å². The summed E-state index contributed by atoms with van der Waals surface area (Å²) in [4.78, 5) is 1.19. The quantitative estimate of drug-likeness (QED) is 0.823. The summed E-state index contributed by atoms with van der Waals surface area (Å²) in [7, 11) is 0. The number of benzene rings is 1. The molecule has 0 bridgehead atoms. The molecule has 2 rings (SSSR count). The van der Waals surface area contributed by atoms with Gasteiger partial charge in [-0.05, 0) is 68.6 Å². The minimum absolute atomic E-state index is 0.588. The van der Waals surface area contributed by atoms with E-state index < -0.39 is 0 Å². The zero-order chi connectivity index (χ0) is 13.0. The Balaban J connectivity index is 2.01. The lowest BCUT2D eigenvalue weighted by Gasteiger charge is -2.08. The standard InChI is InChI=1S/C13H13Br2NOS/c14-10-6-11(18-8-10)7-17-13-2-1-9(3-4-16)5-12(13)15/h1-2,5-6,8H,3-4,7,16H2. The van der Waals surface area contributed by atoms with Crippen LogP contribution in [0.15, 0.2) is 38.6 Å². The molecule has 2 nitrogen and oxygen atoms in total. The van der Waals surface area contributed by atoms with Crippen LogP contribution in [0.4, 0.5) is 0 Å². The molecule has 0 atom stereocenters. The van der Waals surface area contributed by atoms with Gasteiger partial charge in [0, 0.05) is 14.7 Å². The van der Waals surface area contributed by atoms with Crippen molar-refractivity contribution in [1.29, 1.82) is 0 Å². The first-order chi connectivity index (χ1) is 8.69. The van der Waals surface area contributed by atoms with Crippen LogP contribution in [0, 0.1) is 0 Å². The van der Waals surface area contributed by atoms with Crippen LogP contribution in [0.3, 0.4) is 0 Å². The highest BCUT2D eigenvalue weighted by Gasteiger charge is 2.04. The zero-order valence-corrected chi connectivity index (χ0v) is 13.6. The van der Waals surface area contributed by atoms with Crippen LogP contribution in [0.25, 0.3) is 0 Å². The van der Waals surface area contributed by atoms with E-state index in [2.05, 4.69) is 55.4 Å². The Labute approximate surface area is 127 Å². The molecule has 0 spiro atoms. The first-order valence-corrected chi connectivity index (χ1v) is 8.00. The molecule has 0 saturated carbocycles. The minimum Gasteiger partial charge on any atom is -0.487 e. The first kappa shape index (κ1) is 14.1. The van der Waals surface area contributed by atoms with Gasteiger partial charge in [-0.2, -0.15) is 0 Å². The molecule has 0 unspecified atom stereocenters. The third-order valence-corrected chi connectivity index (χ3v) is 4.71. The largest absolute Gasteiger partial charge is 0.487 e. The third-order valence-electron chi connectivity index (χ3n) is 2.42. The Morgan fingerprint density at radius 3 is 2.67 bits per heavy atom. The zero-order valence-electron chi connectivity index (χ0n) is 9.66. The second-order valence-corrected chi connectivity index (χ2v) is 6.59. The highest BCUT2D eigenvalue weighted by Crippen LogP contribution is 2.28. The van der Waals surface area contributed by atoms with E-state index in [9.17, 15) is 0 Å². The van der Waals surface area contributed by atoms with Crippen molar-refractivity contribution in [3.8, 4) is 5.75 Å². The van der Waals surface area contributed by atoms with E-state index in [1.165, 1.54) is 10.4 Å². The summed E-state index contributed by atoms with van der Waals surface area (Å²) in [5, 5.41) is 2.05. The number of thiophene rings is 1. The maximum atomic E-state index is 5.78. The van der Waals surface area contributed by atoms with Crippen LogP contribution in [0.1, 0.15) is 10.4 Å². The highest BCUT2D eigenvalue weighted by molar-refractivity contribution is 9.10. The fourth-order valence-electron chi connectivity index (χ4n) is 1.56. The van der Waals surface area contributed by atoms with Gasteiger partial charge >= 0.3 is 0 Å². The smallest absolute Gasteiger partial charge is 0.134 e. The molecule has 5 heteroatoms. The number of hydrogen-bond acceptors (Lipinski definition) is 3. The Morgan fingerprint density at radius 2 is 2.06 bits per heavy atom. The van der Waals surface area contributed by atoms with Crippen LogP contribution in [-0.4, -0.2) is 6.54 Å². The third kappa shape index (κ3) is 3.82. The molecule has 0 amide bonds. The molecule has 0 aliphatic carbocycles. The monoisotopic (exact) mass is 389 g/mol. The van der Waals surface area contributed by atoms with Crippen LogP contribution in [-0.2, 0) is 13.0 Å². The van der Waals surface area contributed by atoms with Crippen LogP contribution < -0.4 is 10.5 Å². The maximum Gasteiger partial charge on any atom is 0.134 e. The van der Waals surface area contributed by atoms with E-state index in [0.717, 1.165) is 21.1 Å². The van der Waals surface area contributed by atoms with Crippen molar-refractivity contribution in [2.45, 2.75) is 13.0 Å². The van der Waals surface area contributed by atoms with E-state index in [0.29, 0.717) is 13.2 Å². The maximum absolute atomic E-state index is 5.78. The normalized spacial score (nSPS) is 10.6. The van der Waals surface area contributed by atoms with Crippen LogP contribution in [0.2, 0.25) is 0 Å².